The lowest BCUT2D eigenvalue weighted by Gasteiger charge is -2.16. The Morgan fingerprint density at radius 3 is 2.38 bits per heavy atom. The van der Waals surface area contributed by atoms with Crippen LogP contribution in [0.2, 0.25) is 5.02 Å². The van der Waals surface area contributed by atoms with E-state index in [0.717, 1.165) is 17.2 Å². The number of nitrogens with zero attached hydrogens (tertiary/aromatic N) is 2. The Morgan fingerprint density at radius 1 is 1.12 bits per heavy atom. The Bertz CT molecular complexity index is 745. The van der Waals surface area contributed by atoms with Crippen LogP contribution in [0, 0.1) is 13.8 Å². The predicted octanol–water partition coefficient (Wildman–Crippen LogP) is 5.33. The van der Waals surface area contributed by atoms with Gasteiger partial charge in [-0.1, -0.05) is 17.7 Å². The molecule has 0 fully saturated rings. The van der Waals surface area contributed by atoms with Crippen LogP contribution in [0.4, 0.5) is 30.6 Å². The number of hydrogen-bond acceptors (Lipinski definition) is 4. The largest absolute Gasteiger partial charge is 0.433 e. The van der Waals surface area contributed by atoms with Crippen LogP contribution in [-0.2, 0) is 6.18 Å². The lowest BCUT2D eigenvalue weighted by atomic mass is 10.1. The van der Waals surface area contributed by atoms with Crippen LogP contribution >= 0.6 is 11.6 Å². The summed E-state index contributed by atoms with van der Waals surface area (Å²) in [6.07, 6.45) is -4.56. The van der Waals surface area contributed by atoms with Gasteiger partial charge in [0.05, 0.1) is 0 Å². The molecule has 24 heavy (non-hydrogen) atoms. The van der Waals surface area contributed by atoms with E-state index in [0.29, 0.717) is 10.7 Å². The number of aryl methyl sites for hydroxylation is 1. The zero-order valence-corrected chi connectivity index (χ0v) is 14.5. The van der Waals surface area contributed by atoms with Crippen molar-refractivity contribution in [3.05, 3.63) is 40.0 Å². The summed E-state index contributed by atoms with van der Waals surface area (Å²) < 4.78 is 39.2. The summed E-state index contributed by atoms with van der Waals surface area (Å²) in [5.41, 5.74) is 1.20. The molecule has 1 heterocycles. The number of hydrogen-bond donors (Lipinski definition) is 2. The lowest BCUT2D eigenvalue weighted by molar-refractivity contribution is -0.141. The summed E-state index contributed by atoms with van der Waals surface area (Å²) in [6.45, 7) is 7.21. The van der Waals surface area contributed by atoms with Crippen LogP contribution in [0.5, 0.6) is 0 Å². The molecule has 0 saturated carbocycles. The van der Waals surface area contributed by atoms with Gasteiger partial charge in [-0.3, -0.25) is 0 Å². The lowest BCUT2D eigenvalue weighted by Crippen LogP contribution is -2.17. The fraction of sp³-hybridized carbons (Fsp3) is 0.375. The highest BCUT2D eigenvalue weighted by Crippen LogP contribution is 2.33. The third kappa shape index (κ3) is 4.29. The average molecular weight is 359 g/mol. The van der Waals surface area contributed by atoms with Gasteiger partial charge < -0.3 is 10.6 Å². The van der Waals surface area contributed by atoms with E-state index in [9.17, 15) is 13.2 Å². The number of aromatic nitrogens is 2. The summed E-state index contributed by atoms with van der Waals surface area (Å²) in [5, 5.41) is 6.25. The molecule has 0 aliphatic carbocycles. The molecule has 8 heteroatoms. The molecule has 0 bridgehead atoms. The highest BCUT2D eigenvalue weighted by molar-refractivity contribution is 6.31. The molecule has 2 aromatic rings. The Labute approximate surface area is 143 Å². The fourth-order valence-corrected chi connectivity index (χ4v) is 2.28. The first-order valence-corrected chi connectivity index (χ1v) is 7.71. The van der Waals surface area contributed by atoms with Crippen LogP contribution in [0.3, 0.4) is 0 Å². The van der Waals surface area contributed by atoms with Crippen LogP contribution in [0.25, 0.3) is 0 Å². The second-order valence-electron chi connectivity index (χ2n) is 5.75. The zero-order valence-electron chi connectivity index (χ0n) is 13.7. The van der Waals surface area contributed by atoms with E-state index in [1.54, 1.807) is 32.9 Å². The van der Waals surface area contributed by atoms with E-state index in [1.165, 1.54) is 0 Å². The number of rotatable bonds is 4. The molecule has 0 unspecified atom stereocenters. The molecule has 1 aromatic carbocycles. The number of anilines is 3. The summed E-state index contributed by atoms with van der Waals surface area (Å²) in [5.74, 6) is -0.0337. The van der Waals surface area contributed by atoms with Gasteiger partial charge in [-0.2, -0.15) is 18.2 Å². The predicted molar refractivity (Wildman–Crippen MR) is 90.0 cm³/mol. The maximum atomic E-state index is 13.1. The van der Waals surface area contributed by atoms with E-state index in [2.05, 4.69) is 20.6 Å². The first kappa shape index (κ1) is 18.3. The van der Waals surface area contributed by atoms with Crippen LogP contribution in [-0.4, -0.2) is 16.0 Å². The van der Waals surface area contributed by atoms with Crippen LogP contribution in [0.15, 0.2) is 18.2 Å². The maximum Gasteiger partial charge on any atom is 0.433 e. The molecule has 4 nitrogen and oxygen atoms in total. The third-order valence-corrected chi connectivity index (χ3v) is 3.70. The summed E-state index contributed by atoms with van der Waals surface area (Å²) in [4.78, 5) is 7.65. The van der Waals surface area contributed by atoms with Gasteiger partial charge in [0.1, 0.15) is 5.82 Å². The highest BCUT2D eigenvalue weighted by atomic mass is 35.5. The van der Waals surface area contributed by atoms with Gasteiger partial charge in [-0.05, 0) is 44.9 Å². The SMILES string of the molecule is Cc1ccc(Cl)c(C)c1Nc1cc(C(F)(F)F)nc(NC(C)C)n1. The molecule has 0 atom stereocenters. The van der Waals surface area contributed by atoms with Gasteiger partial charge in [-0.15, -0.1) is 0 Å². The molecule has 1 aromatic heterocycles. The Kier molecular flexibility index (Phi) is 5.22. The Balaban J connectivity index is 2.48. The third-order valence-electron chi connectivity index (χ3n) is 3.29. The highest BCUT2D eigenvalue weighted by Gasteiger charge is 2.34. The topological polar surface area (TPSA) is 49.8 Å². The zero-order chi connectivity index (χ0) is 18.1. The number of alkyl halides is 3. The van der Waals surface area contributed by atoms with E-state index in [-0.39, 0.29) is 17.8 Å². The second kappa shape index (κ2) is 6.84. The van der Waals surface area contributed by atoms with Gasteiger partial charge in [0.25, 0.3) is 0 Å². The monoisotopic (exact) mass is 358 g/mol. The first-order valence-electron chi connectivity index (χ1n) is 7.33. The normalized spacial score (nSPS) is 11.7. The minimum absolute atomic E-state index is 0.0499. The molecular formula is C16H18ClF3N4. The Hall–Kier alpha value is -2.02. The maximum absolute atomic E-state index is 13.1. The van der Waals surface area contributed by atoms with Crippen molar-refractivity contribution < 1.29 is 13.2 Å². The smallest absolute Gasteiger partial charge is 0.352 e. The van der Waals surface area contributed by atoms with Crippen LogP contribution < -0.4 is 10.6 Å². The standard InChI is InChI=1S/C16H18ClF3N4/c1-8(2)21-15-22-12(16(18,19)20)7-13(24-15)23-14-9(3)5-6-11(17)10(14)4/h5-8H,1-4H3,(H2,21,22,23,24). The van der Waals surface area contributed by atoms with E-state index < -0.39 is 11.9 Å². The van der Waals surface area contributed by atoms with Gasteiger partial charge in [0.2, 0.25) is 5.95 Å². The summed E-state index contributed by atoms with van der Waals surface area (Å²) >= 11 is 6.09. The van der Waals surface area contributed by atoms with Crippen molar-refractivity contribution >= 4 is 29.1 Å². The van der Waals surface area contributed by atoms with Gasteiger partial charge >= 0.3 is 6.18 Å². The van der Waals surface area contributed by atoms with Crippen molar-refractivity contribution in [2.45, 2.75) is 39.9 Å². The second-order valence-corrected chi connectivity index (χ2v) is 6.16. The molecule has 0 amide bonds. The molecule has 0 spiro atoms. The Morgan fingerprint density at radius 2 is 1.79 bits per heavy atom. The van der Waals surface area contributed by atoms with Crippen molar-refractivity contribution in [1.82, 2.24) is 9.97 Å². The molecule has 0 aliphatic heterocycles. The van der Waals surface area contributed by atoms with E-state index in [4.69, 9.17) is 11.6 Å². The quantitative estimate of drug-likeness (QED) is 0.775. The molecule has 0 saturated heterocycles. The molecular weight excluding hydrogens is 341 g/mol. The van der Waals surface area contributed by atoms with Gasteiger partial charge in [-0.25, -0.2) is 4.98 Å². The minimum Gasteiger partial charge on any atom is -0.352 e. The number of benzene rings is 1. The first-order chi connectivity index (χ1) is 11.1. The minimum atomic E-state index is -4.56. The van der Waals surface area contributed by atoms with Crippen LogP contribution in [0.1, 0.15) is 30.7 Å². The van der Waals surface area contributed by atoms with Crippen molar-refractivity contribution in [3.63, 3.8) is 0 Å². The molecule has 2 N–H and O–H groups in total. The molecule has 0 aliphatic rings. The fourth-order valence-electron chi connectivity index (χ4n) is 2.12. The van der Waals surface area contributed by atoms with E-state index >= 15 is 0 Å². The van der Waals surface area contributed by atoms with Crippen molar-refractivity contribution in [3.8, 4) is 0 Å². The van der Waals surface area contributed by atoms with Crippen molar-refractivity contribution in [2.24, 2.45) is 0 Å². The van der Waals surface area contributed by atoms with Crippen molar-refractivity contribution in [1.29, 1.82) is 0 Å². The van der Waals surface area contributed by atoms with Gasteiger partial charge in [0, 0.05) is 22.8 Å². The van der Waals surface area contributed by atoms with Gasteiger partial charge in [0.15, 0.2) is 5.69 Å². The van der Waals surface area contributed by atoms with E-state index in [1.807, 2.05) is 6.92 Å². The number of halogens is 4. The summed E-state index contributed by atoms with van der Waals surface area (Å²) in [7, 11) is 0. The average Bonchev–Trinajstić information content (AvgIpc) is 2.46. The number of nitrogens with one attached hydrogen (secondary N) is 2. The van der Waals surface area contributed by atoms with Crippen molar-refractivity contribution in [2.75, 3.05) is 10.6 Å². The molecule has 0 radical (unpaired) electrons. The summed E-state index contributed by atoms with van der Waals surface area (Å²) in [6, 6.07) is 4.31. The molecule has 130 valence electrons. The molecule has 2 rings (SSSR count).